The van der Waals surface area contributed by atoms with Crippen LogP contribution in [0.25, 0.3) is 11.0 Å². The maximum atomic E-state index is 13.0. The number of nitrogens with zero attached hydrogens (tertiary/aromatic N) is 2. The van der Waals surface area contributed by atoms with Gasteiger partial charge in [-0.25, -0.2) is 14.6 Å². The number of ether oxygens (including phenoxy) is 2. The van der Waals surface area contributed by atoms with Gasteiger partial charge in [0.25, 0.3) is 5.91 Å². The van der Waals surface area contributed by atoms with Gasteiger partial charge in [-0.3, -0.25) is 9.59 Å². The summed E-state index contributed by atoms with van der Waals surface area (Å²) in [5.74, 6) is -1.45. The number of para-hydroxylation sites is 2. The minimum atomic E-state index is -1.40. The summed E-state index contributed by atoms with van der Waals surface area (Å²) >= 11 is 0. The summed E-state index contributed by atoms with van der Waals surface area (Å²) in [6, 6.07) is 21.3. The van der Waals surface area contributed by atoms with Gasteiger partial charge in [-0.15, -0.1) is 0 Å². The first-order chi connectivity index (χ1) is 20.7. The standard InChI is InChI=1S/C31H33N5O7/c1-20(28-33-24-10-6-7-11-25(24)34-28)36(27(37)19-42-2)17-21-12-14-23(15-13-21)29(38)32-16-26(30(39)40)35-31(41)43-18-22-8-4-3-5-9-22/h3-15,20,26H,16-19H2,1-2H3,(H,32,38)(H,33,34)(H,35,41)(H,39,40)/t20?,26-/m0/s1. The van der Waals surface area contributed by atoms with E-state index in [1.165, 1.54) is 7.11 Å². The first kappa shape index (κ1) is 30.7. The third-order valence-corrected chi connectivity index (χ3v) is 6.70. The summed E-state index contributed by atoms with van der Waals surface area (Å²) in [5.41, 5.74) is 3.44. The zero-order valence-electron chi connectivity index (χ0n) is 23.8. The van der Waals surface area contributed by atoms with Gasteiger partial charge in [0.2, 0.25) is 5.91 Å². The molecule has 3 aromatic carbocycles. The van der Waals surface area contributed by atoms with Crippen LogP contribution in [-0.2, 0) is 32.2 Å². The summed E-state index contributed by atoms with van der Waals surface area (Å²) in [6.45, 7) is 1.62. The predicted octanol–water partition coefficient (Wildman–Crippen LogP) is 3.41. The van der Waals surface area contributed by atoms with Crippen molar-refractivity contribution in [3.05, 3.63) is 101 Å². The van der Waals surface area contributed by atoms with Gasteiger partial charge in [0.05, 0.1) is 17.1 Å². The predicted molar refractivity (Wildman–Crippen MR) is 157 cm³/mol. The molecule has 0 aliphatic rings. The molecule has 0 fully saturated rings. The van der Waals surface area contributed by atoms with E-state index in [2.05, 4.69) is 20.6 Å². The van der Waals surface area contributed by atoms with Crippen LogP contribution in [0.3, 0.4) is 0 Å². The highest BCUT2D eigenvalue weighted by Gasteiger charge is 2.25. The van der Waals surface area contributed by atoms with Gasteiger partial charge < -0.3 is 35.1 Å². The molecule has 0 aliphatic carbocycles. The molecule has 0 saturated heterocycles. The fourth-order valence-electron chi connectivity index (χ4n) is 4.33. The normalized spacial score (nSPS) is 12.2. The number of aromatic nitrogens is 2. The number of benzene rings is 3. The molecule has 0 spiro atoms. The van der Waals surface area contributed by atoms with E-state index in [-0.39, 0.29) is 37.8 Å². The Labute approximate surface area is 248 Å². The van der Waals surface area contributed by atoms with Crippen LogP contribution in [0.1, 0.15) is 40.3 Å². The van der Waals surface area contributed by atoms with E-state index in [0.717, 1.165) is 22.2 Å². The number of rotatable bonds is 13. The molecule has 3 amide bonds. The lowest BCUT2D eigenvalue weighted by Crippen LogP contribution is -2.48. The number of aliphatic carboxylic acids is 1. The monoisotopic (exact) mass is 587 g/mol. The summed E-state index contributed by atoms with van der Waals surface area (Å²) in [4.78, 5) is 59.0. The summed E-state index contributed by atoms with van der Waals surface area (Å²) < 4.78 is 10.2. The van der Waals surface area contributed by atoms with Gasteiger partial charge in [-0.1, -0.05) is 54.6 Å². The molecular formula is C31H33N5O7. The maximum absolute atomic E-state index is 13.0. The molecular weight excluding hydrogens is 554 g/mol. The fourth-order valence-corrected chi connectivity index (χ4v) is 4.33. The van der Waals surface area contributed by atoms with E-state index in [1.807, 2.05) is 37.3 Å². The Morgan fingerprint density at radius 3 is 2.33 bits per heavy atom. The third-order valence-electron chi connectivity index (χ3n) is 6.70. The molecule has 4 N–H and O–H groups in total. The Kier molecular flexibility index (Phi) is 10.4. The van der Waals surface area contributed by atoms with E-state index in [1.54, 1.807) is 53.4 Å². The van der Waals surface area contributed by atoms with Gasteiger partial charge in [-0.05, 0) is 42.3 Å². The number of carbonyl (C=O) groups excluding carboxylic acids is 3. The number of imidazole rings is 1. The first-order valence-corrected chi connectivity index (χ1v) is 13.6. The van der Waals surface area contributed by atoms with Crippen molar-refractivity contribution in [3.63, 3.8) is 0 Å². The van der Waals surface area contributed by atoms with Crippen molar-refractivity contribution in [1.29, 1.82) is 0 Å². The lowest BCUT2D eigenvalue weighted by molar-refractivity contribution is -0.139. The van der Waals surface area contributed by atoms with Crippen LogP contribution >= 0.6 is 0 Å². The van der Waals surface area contributed by atoms with Gasteiger partial charge >= 0.3 is 12.1 Å². The maximum Gasteiger partial charge on any atom is 0.408 e. The molecule has 4 aromatic rings. The number of aromatic amines is 1. The highest BCUT2D eigenvalue weighted by atomic mass is 16.5. The Morgan fingerprint density at radius 1 is 0.953 bits per heavy atom. The number of fused-ring (bicyclic) bond motifs is 1. The Morgan fingerprint density at radius 2 is 1.65 bits per heavy atom. The second-order valence-electron chi connectivity index (χ2n) is 9.77. The molecule has 0 aliphatic heterocycles. The number of hydrogen-bond donors (Lipinski definition) is 4. The van der Waals surface area contributed by atoms with Gasteiger partial charge in [0.15, 0.2) is 0 Å². The van der Waals surface area contributed by atoms with Gasteiger partial charge in [-0.2, -0.15) is 0 Å². The Hall–Kier alpha value is -5.23. The molecule has 4 rings (SSSR count). The lowest BCUT2D eigenvalue weighted by Gasteiger charge is -2.28. The van der Waals surface area contributed by atoms with Crippen LogP contribution < -0.4 is 10.6 Å². The molecule has 12 nitrogen and oxygen atoms in total. The Balaban J connectivity index is 1.35. The highest BCUT2D eigenvalue weighted by molar-refractivity contribution is 5.94. The van der Waals surface area contributed by atoms with Crippen molar-refractivity contribution in [2.75, 3.05) is 20.3 Å². The number of H-pyrrole nitrogens is 1. The SMILES string of the molecule is COCC(=O)N(Cc1ccc(C(=O)NC[C@H](NC(=O)OCc2ccccc2)C(=O)O)cc1)C(C)c1nc2ccccc2[nH]1. The first-order valence-electron chi connectivity index (χ1n) is 13.6. The summed E-state index contributed by atoms with van der Waals surface area (Å²) in [7, 11) is 1.45. The molecule has 1 unspecified atom stereocenters. The molecule has 43 heavy (non-hydrogen) atoms. The van der Waals surface area contributed by atoms with Crippen LogP contribution in [0.5, 0.6) is 0 Å². The number of alkyl carbamates (subject to hydrolysis) is 1. The number of amides is 3. The summed E-state index contributed by atoms with van der Waals surface area (Å²) in [6.07, 6.45) is -0.917. The minimum absolute atomic E-state index is 0.0245. The largest absolute Gasteiger partial charge is 0.480 e. The molecule has 0 bridgehead atoms. The number of carbonyl (C=O) groups is 4. The quantitative estimate of drug-likeness (QED) is 0.185. The molecule has 1 aromatic heterocycles. The van der Waals surface area contributed by atoms with E-state index in [4.69, 9.17) is 9.47 Å². The number of carboxylic acids is 1. The van der Waals surface area contributed by atoms with Crippen molar-refractivity contribution in [2.45, 2.75) is 32.2 Å². The molecule has 0 saturated carbocycles. The molecule has 0 radical (unpaired) electrons. The second-order valence-corrected chi connectivity index (χ2v) is 9.77. The number of nitrogens with one attached hydrogen (secondary N) is 3. The van der Waals surface area contributed by atoms with Crippen LogP contribution in [0.15, 0.2) is 78.9 Å². The zero-order chi connectivity index (χ0) is 30.8. The van der Waals surface area contributed by atoms with E-state index in [9.17, 15) is 24.3 Å². The van der Waals surface area contributed by atoms with Crippen molar-refractivity contribution in [2.24, 2.45) is 0 Å². The van der Waals surface area contributed by atoms with Crippen LogP contribution in [0.2, 0.25) is 0 Å². The van der Waals surface area contributed by atoms with Crippen molar-refractivity contribution in [1.82, 2.24) is 25.5 Å². The van der Waals surface area contributed by atoms with Crippen molar-refractivity contribution >= 4 is 34.9 Å². The second kappa shape index (κ2) is 14.6. The van der Waals surface area contributed by atoms with Crippen molar-refractivity contribution < 1.29 is 33.8 Å². The van der Waals surface area contributed by atoms with E-state index < -0.39 is 30.1 Å². The van der Waals surface area contributed by atoms with Gasteiger partial charge in [0, 0.05) is 25.8 Å². The molecule has 224 valence electrons. The lowest BCUT2D eigenvalue weighted by atomic mass is 10.1. The van der Waals surface area contributed by atoms with Gasteiger partial charge in [0.1, 0.15) is 25.1 Å². The molecule has 1 heterocycles. The molecule has 2 atom stereocenters. The number of hydrogen-bond acceptors (Lipinski definition) is 7. The third kappa shape index (κ3) is 8.39. The van der Waals surface area contributed by atoms with Crippen LogP contribution in [0.4, 0.5) is 4.79 Å². The van der Waals surface area contributed by atoms with E-state index >= 15 is 0 Å². The molecule has 12 heteroatoms. The smallest absolute Gasteiger partial charge is 0.408 e. The Bertz CT molecular complexity index is 1520. The topological polar surface area (TPSA) is 163 Å². The minimum Gasteiger partial charge on any atom is -0.480 e. The number of methoxy groups -OCH3 is 1. The highest BCUT2D eigenvalue weighted by Crippen LogP contribution is 2.23. The van der Waals surface area contributed by atoms with Crippen LogP contribution in [-0.4, -0.2) is 70.2 Å². The van der Waals surface area contributed by atoms with Crippen LogP contribution in [0, 0.1) is 0 Å². The fraction of sp³-hybridized carbons (Fsp3) is 0.258. The number of carboxylic acid groups (broad SMARTS) is 1. The van der Waals surface area contributed by atoms with E-state index in [0.29, 0.717) is 5.82 Å². The zero-order valence-corrected chi connectivity index (χ0v) is 23.8. The average molecular weight is 588 g/mol. The summed E-state index contributed by atoms with van der Waals surface area (Å²) in [5, 5.41) is 14.3. The van der Waals surface area contributed by atoms with Crippen molar-refractivity contribution in [3.8, 4) is 0 Å². The average Bonchev–Trinajstić information content (AvgIpc) is 3.46.